The lowest BCUT2D eigenvalue weighted by Gasteiger charge is -2.28. The van der Waals surface area contributed by atoms with Crippen LogP contribution >= 0.6 is 0 Å². The van der Waals surface area contributed by atoms with Crippen LogP contribution in [0.3, 0.4) is 0 Å². The molecule has 116 valence electrons. The lowest BCUT2D eigenvalue weighted by Crippen LogP contribution is -2.35. The number of furan rings is 1. The Kier molecular flexibility index (Phi) is 4.74. The summed E-state index contributed by atoms with van der Waals surface area (Å²) in [7, 11) is 0. The number of benzene rings is 1. The van der Waals surface area contributed by atoms with E-state index in [4.69, 9.17) is 4.42 Å². The number of hydrogen-bond donors (Lipinski definition) is 0. The van der Waals surface area contributed by atoms with Gasteiger partial charge in [-0.1, -0.05) is 43.7 Å². The molecule has 22 heavy (non-hydrogen) atoms. The van der Waals surface area contributed by atoms with Crippen molar-refractivity contribution in [1.29, 1.82) is 0 Å². The molecule has 0 saturated carbocycles. The summed E-state index contributed by atoms with van der Waals surface area (Å²) in [6, 6.07) is 11.9. The second kappa shape index (κ2) is 6.93. The third-order valence-electron chi connectivity index (χ3n) is 4.38. The summed E-state index contributed by atoms with van der Waals surface area (Å²) in [5, 5.41) is 0. The summed E-state index contributed by atoms with van der Waals surface area (Å²) in [5.41, 5.74) is 2.04. The minimum Gasteiger partial charge on any atom is -0.461 e. The van der Waals surface area contributed by atoms with E-state index in [1.54, 1.807) is 6.26 Å². The monoisotopic (exact) mass is 297 g/mol. The van der Waals surface area contributed by atoms with Crippen molar-refractivity contribution in [2.45, 2.75) is 26.2 Å². The van der Waals surface area contributed by atoms with Gasteiger partial charge < -0.3 is 9.32 Å². The zero-order chi connectivity index (χ0) is 15.4. The number of carbonyl (C=O) groups excluding carboxylic acids is 1. The Morgan fingerprint density at radius 3 is 2.59 bits per heavy atom. The van der Waals surface area contributed by atoms with Gasteiger partial charge in [0.1, 0.15) is 0 Å². The van der Waals surface area contributed by atoms with E-state index in [9.17, 15) is 4.79 Å². The zero-order valence-corrected chi connectivity index (χ0v) is 13.1. The van der Waals surface area contributed by atoms with Crippen molar-refractivity contribution in [3.8, 4) is 11.1 Å². The number of rotatable bonds is 5. The van der Waals surface area contributed by atoms with E-state index >= 15 is 0 Å². The van der Waals surface area contributed by atoms with Crippen LogP contribution in [-0.4, -0.2) is 30.3 Å². The predicted molar refractivity (Wildman–Crippen MR) is 87.9 cm³/mol. The Hall–Kier alpha value is -1.87. The first-order chi connectivity index (χ1) is 10.7. The van der Waals surface area contributed by atoms with Crippen molar-refractivity contribution in [3.05, 3.63) is 48.4 Å². The normalized spacial score (nSPS) is 17.3. The number of hydrogen-bond acceptors (Lipinski definition) is 3. The summed E-state index contributed by atoms with van der Waals surface area (Å²) < 4.78 is 5.52. The minimum atomic E-state index is -0.0205. The van der Waals surface area contributed by atoms with E-state index in [2.05, 4.69) is 4.90 Å². The second-order valence-electron chi connectivity index (χ2n) is 6.19. The summed E-state index contributed by atoms with van der Waals surface area (Å²) in [6.45, 7) is 5.07. The molecule has 0 bridgehead atoms. The Bertz CT molecular complexity index is 611. The molecule has 1 aromatic carbocycles. The first-order valence-corrected chi connectivity index (χ1v) is 8.14. The zero-order valence-electron chi connectivity index (χ0n) is 13.1. The maximum Gasteiger partial charge on any atom is 0.202 e. The lowest BCUT2D eigenvalue weighted by atomic mass is 10.0. The molecule has 1 aromatic heterocycles. The number of ketones is 1. The van der Waals surface area contributed by atoms with Gasteiger partial charge in [-0.25, -0.2) is 0 Å². The molecule has 1 unspecified atom stereocenters. The van der Waals surface area contributed by atoms with E-state index < -0.39 is 0 Å². The highest BCUT2D eigenvalue weighted by Crippen LogP contribution is 2.23. The molecule has 0 spiro atoms. The molecule has 0 radical (unpaired) electrons. The molecule has 3 nitrogen and oxygen atoms in total. The fourth-order valence-corrected chi connectivity index (χ4v) is 3.10. The van der Waals surface area contributed by atoms with Crippen molar-refractivity contribution < 1.29 is 9.21 Å². The number of likely N-dealkylation sites (tertiary alicyclic amines) is 1. The highest BCUT2D eigenvalue weighted by molar-refractivity contribution is 5.96. The topological polar surface area (TPSA) is 33.5 Å². The van der Waals surface area contributed by atoms with E-state index in [1.807, 2.05) is 43.3 Å². The third-order valence-corrected chi connectivity index (χ3v) is 4.38. The first-order valence-electron chi connectivity index (χ1n) is 8.14. The van der Waals surface area contributed by atoms with Crippen LogP contribution in [-0.2, 0) is 0 Å². The van der Waals surface area contributed by atoms with Gasteiger partial charge in [0.05, 0.1) is 6.26 Å². The highest BCUT2D eigenvalue weighted by atomic mass is 16.3. The summed E-state index contributed by atoms with van der Waals surface area (Å²) in [6.07, 6.45) is 5.49. The van der Waals surface area contributed by atoms with Gasteiger partial charge in [0.2, 0.25) is 5.78 Å². The Balaban J connectivity index is 1.66. The van der Waals surface area contributed by atoms with Gasteiger partial charge in [0.25, 0.3) is 0 Å². The van der Waals surface area contributed by atoms with Crippen molar-refractivity contribution in [3.63, 3.8) is 0 Å². The van der Waals surface area contributed by atoms with Crippen LogP contribution in [0.25, 0.3) is 11.1 Å². The lowest BCUT2D eigenvalue weighted by molar-refractivity contribution is 0.0855. The molecule has 0 aliphatic carbocycles. The molecule has 1 aliphatic heterocycles. The van der Waals surface area contributed by atoms with Gasteiger partial charge in [0, 0.05) is 18.0 Å². The fraction of sp³-hybridized carbons (Fsp3) is 0.421. The quantitative estimate of drug-likeness (QED) is 0.774. The van der Waals surface area contributed by atoms with Gasteiger partial charge in [-0.2, -0.15) is 0 Å². The van der Waals surface area contributed by atoms with Crippen LogP contribution in [0.2, 0.25) is 0 Å². The molecule has 2 heterocycles. The molecule has 1 saturated heterocycles. The van der Waals surface area contributed by atoms with Crippen LogP contribution in [0, 0.1) is 5.92 Å². The summed E-state index contributed by atoms with van der Waals surface area (Å²) in [5.74, 6) is 0.559. The predicted octanol–water partition coefficient (Wildman–Crippen LogP) is 4.25. The van der Waals surface area contributed by atoms with Crippen LogP contribution in [0.15, 0.2) is 47.1 Å². The number of Topliss-reactive ketones (excluding diaryl/α,β-unsaturated/α-hetero) is 1. The first kappa shape index (κ1) is 15.0. The van der Waals surface area contributed by atoms with Gasteiger partial charge in [0.15, 0.2) is 5.76 Å². The number of piperidine rings is 1. The van der Waals surface area contributed by atoms with Crippen LogP contribution in [0.4, 0.5) is 0 Å². The minimum absolute atomic E-state index is 0.0205. The molecule has 0 N–H and O–H groups in total. The van der Waals surface area contributed by atoms with E-state index in [1.165, 1.54) is 19.3 Å². The summed E-state index contributed by atoms with van der Waals surface area (Å²) in [4.78, 5) is 14.9. The maximum atomic E-state index is 12.5. The Morgan fingerprint density at radius 1 is 1.14 bits per heavy atom. The van der Waals surface area contributed by atoms with Crippen LogP contribution < -0.4 is 0 Å². The van der Waals surface area contributed by atoms with E-state index in [-0.39, 0.29) is 11.7 Å². The van der Waals surface area contributed by atoms with Gasteiger partial charge in [-0.3, -0.25) is 4.79 Å². The Labute approximate surface area is 131 Å². The largest absolute Gasteiger partial charge is 0.461 e. The molecule has 3 heteroatoms. The highest BCUT2D eigenvalue weighted by Gasteiger charge is 2.22. The van der Waals surface area contributed by atoms with Gasteiger partial charge >= 0.3 is 0 Å². The van der Waals surface area contributed by atoms with E-state index in [0.717, 1.165) is 30.8 Å². The number of carbonyl (C=O) groups is 1. The van der Waals surface area contributed by atoms with Gasteiger partial charge in [-0.05, 0) is 37.6 Å². The van der Waals surface area contributed by atoms with Crippen molar-refractivity contribution in [2.24, 2.45) is 5.92 Å². The smallest absolute Gasteiger partial charge is 0.202 e. The fourth-order valence-electron chi connectivity index (χ4n) is 3.10. The molecule has 1 fully saturated rings. The average molecular weight is 297 g/mol. The molecule has 1 aliphatic rings. The van der Waals surface area contributed by atoms with Crippen molar-refractivity contribution in [1.82, 2.24) is 4.90 Å². The number of nitrogens with zero attached hydrogens (tertiary/aromatic N) is 1. The molecule has 1 atom stereocenters. The van der Waals surface area contributed by atoms with Crippen molar-refractivity contribution >= 4 is 5.78 Å². The molecule has 0 amide bonds. The van der Waals surface area contributed by atoms with Gasteiger partial charge in [-0.15, -0.1) is 0 Å². The molecular formula is C19H23NO2. The second-order valence-corrected chi connectivity index (χ2v) is 6.19. The third kappa shape index (κ3) is 3.47. The van der Waals surface area contributed by atoms with Crippen LogP contribution in [0.5, 0.6) is 0 Å². The van der Waals surface area contributed by atoms with Crippen LogP contribution in [0.1, 0.15) is 36.7 Å². The molecule has 3 rings (SSSR count). The summed E-state index contributed by atoms with van der Waals surface area (Å²) >= 11 is 0. The SMILES string of the molecule is CC(CN1CCCCC1)C(=O)c1cc(-c2ccccc2)co1. The Morgan fingerprint density at radius 2 is 1.86 bits per heavy atom. The molecule has 2 aromatic rings. The maximum absolute atomic E-state index is 12.5. The molecular weight excluding hydrogens is 274 g/mol. The van der Waals surface area contributed by atoms with E-state index in [0.29, 0.717) is 5.76 Å². The standard InChI is InChI=1S/C19H23NO2/c1-15(13-20-10-6-3-7-11-20)19(21)18-12-17(14-22-18)16-8-4-2-5-9-16/h2,4-5,8-9,12,14-15H,3,6-7,10-11,13H2,1H3. The average Bonchev–Trinajstić information content (AvgIpc) is 3.06. The van der Waals surface area contributed by atoms with Crippen molar-refractivity contribution in [2.75, 3.05) is 19.6 Å².